The zero-order valence-electron chi connectivity index (χ0n) is 16.4. The average Bonchev–Trinajstić information content (AvgIpc) is 3.24. The van der Waals surface area contributed by atoms with E-state index in [4.69, 9.17) is 4.74 Å². The van der Waals surface area contributed by atoms with Crippen molar-refractivity contribution in [3.8, 4) is 11.5 Å². The summed E-state index contributed by atoms with van der Waals surface area (Å²) in [5, 5.41) is 14.4. The highest BCUT2D eigenvalue weighted by Crippen LogP contribution is 2.29. The number of thioether (sulfide) groups is 1. The van der Waals surface area contributed by atoms with Gasteiger partial charge in [0.05, 0.1) is 5.75 Å². The molecule has 0 unspecified atom stereocenters. The first-order chi connectivity index (χ1) is 15.5. The number of benzene rings is 3. The van der Waals surface area contributed by atoms with Crippen molar-refractivity contribution in [3.63, 3.8) is 0 Å². The van der Waals surface area contributed by atoms with Crippen molar-refractivity contribution in [2.24, 2.45) is 0 Å². The lowest BCUT2D eigenvalue weighted by atomic mass is 10.3. The van der Waals surface area contributed by atoms with E-state index in [2.05, 4.69) is 20.8 Å². The zero-order chi connectivity index (χ0) is 22.3. The van der Waals surface area contributed by atoms with Crippen LogP contribution in [0.1, 0.15) is 0 Å². The predicted molar refractivity (Wildman–Crippen MR) is 122 cm³/mol. The van der Waals surface area contributed by atoms with Gasteiger partial charge in [-0.3, -0.25) is 4.79 Å². The molecule has 0 bridgehead atoms. The summed E-state index contributed by atoms with van der Waals surface area (Å²) < 4.78 is 32.5. The number of ether oxygens (including phenoxy) is 1. The van der Waals surface area contributed by atoms with Crippen molar-refractivity contribution in [1.29, 1.82) is 0 Å². The number of carbonyl (C=O) groups is 1. The van der Waals surface area contributed by atoms with Gasteiger partial charge in [-0.15, -0.1) is 10.2 Å². The fourth-order valence-electron chi connectivity index (χ4n) is 2.57. The van der Waals surface area contributed by atoms with Gasteiger partial charge < -0.3 is 15.4 Å². The summed E-state index contributed by atoms with van der Waals surface area (Å²) in [4.78, 5) is 12.0. The lowest BCUT2D eigenvalue weighted by molar-refractivity contribution is -0.113. The lowest BCUT2D eigenvalue weighted by Gasteiger charge is -2.07. The molecule has 0 fully saturated rings. The highest BCUT2D eigenvalue weighted by molar-refractivity contribution is 8.01. The minimum absolute atomic E-state index is 0.0547. The standard InChI is InChI=1S/C22H16F2N4O2S2/c23-18-11-8-15(12-19(18)24)25-20(29)13-31-22-28-27-21(32-22)26-14-6-9-17(10-7-14)30-16-4-2-1-3-5-16/h1-12H,13H2,(H,25,29)(H,26,27). The Labute approximate surface area is 190 Å². The van der Waals surface area contributed by atoms with Gasteiger partial charge >= 0.3 is 0 Å². The van der Waals surface area contributed by atoms with Crippen molar-refractivity contribution in [2.45, 2.75) is 4.34 Å². The summed E-state index contributed by atoms with van der Waals surface area (Å²) in [6.07, 6.45) is 0. The predicted octanol–water partition coefficient (Wildman–Crippen LogP) is 6.08. The Morgan fingerprint density at radius 2 is 1.62 bits per heavy atom. The largest absolute Gasteiger partial charge is 0.457 e. The lowest BCUT2D eigenvalue weighted by Crippen LogP contribution is -2.14. The molecule has 32 heavy (non-hydrogen) atoms. The topological polar surface area (TPSA) is 76.1 Å². The van der Waals surface area contributed by atoms with E-state index in [1.165, 1.54) is 29.2 Å². The number of hydrogen-bond acceptors (Lipinski definition) is 7. The smallest absolute Gasteiger partial charge is 0.234 e. The number of anilines is 3. The molecule has 1 amide bonds. The Bertz CT molecular complexity index is 1200. The summed E-state index contributed by atoms with van der Waals surface area (Å²) in [7, 11) is 0. The monoisotopic (exact) mass is 470 g/mol. The highest BCUT2D eigenvalue weighted by Gasteiger charge is 2.10. The second kappa shape index (κ2) is 10.2. The number of hydrogen-bond donors (Lipinski definition) is 2. The fraction of sp³-hybridized carbons (Fsp3) is 0.0455. The maximum Gasteiger partial charge on any atom is 0.234 e. The van der Waals surface area contributed by atoms with Gasteiger partial charge in [0, 0.05) is 17.4 Å². The molecule has 0 saturated carbocycles. The number of aromatic nitrogens is 2. The summed E-state index contributed by atoms with van der Waals surface area (Å²) in [6, 6.07) is 20.1. The molecule has 10 heteroatoms. The molecule has 6 nitrogen and oxygen atoms in total. The molecule has 0 spiro atoms. The minimum atomic E-state index is -1.02. The molecule has 4 rings (SSSR count). The van der Waals surface area contributed by atoms with Gasteiger partial charge in [0.2, 0.25) is 11.0 Å². The molecule has 0 saturated heterocycles. The maximum absolute atomic E-state index is 13.2. The van der Waals surface area contributed by atoms with Crippen molar-refractivity contribution < 1.29 is 18.3 Å². The second-order valence-electron chi connectivity index (χ2n) is 6.40. The third kappa shape index (κ3) is 6.02. The Morgan fingerprint density at radius 3 is 2.38 bits per heavy atom. The van der Waals surface area contributed by atoms with Crippen LogP contribution in [-0.2, 0) is 4.79 Å². The first-order valence-corrected chi connectivity index (χ1v) is 11.2. The SMILES string of the molecule is O=C(CSc1nnc(Nc2ccc(Oc3ccccc3)cc2)s1)Nc1ccc(F)c(F)c1. The van der Waals surface area contributed by atoms with Crippen LogP contribution in [0.4, 0.5) is 25.3 Å². The fourth-order valence-corrected chi connectivity index (χ4v) is 4.14. The Hall–Kier alpha value is -3.50. The number of nitrogens with one attached hydrogen (secondary N) is 2. The van der Waals surface area contributed by atoms with Crippen LogP contribution in [0.15, 0.2) is 77.1 Å². The van der Waals surface area contributed by atoms with Crippen molar-refractivity contribution >= 4 is 45.5 Å². The molecule has 0 aliphatic heterocycles. The average molecular weight is 471 g/mol. The molecule has 1 heterocycles. The van der Waals surface area contributed by atoms with Gasteiger partial charge in [-0.05, 0) is 48.5 Å². The van der Waals surface area contributed by atoms with E-state index >= 15 is 0 Å². The molecular formula is C22H16F2N4O2S2. The van der Waals surface area contributed by atoms with E-state index in [1.807, 2.05) is 54.6 Å². The van der Waals surface area contributed by atoms with Gasteiger partial charge in [0.15, 0.2) is 16.0 Å². The van der Waals surface area contributed by atoms with E-state index in [1.54, 1.807) is 0 Å². The van der Waals surface area contributed by atoms with Gasteiger partial charge in [-0.2, -0.15) is 0 Å². The molecule has 0 aliphatic carbocycles. The molecule has 4 aromatic rings. The third-order valence-electron chi connectivity index (χ3n) is 4.02. The molecule has 0 atom stereocenters. The van der Waals surface area contributed by atoms with Crippen LogP contribution < -0.4 is 15.4 Å². The van der Waals surface area contributed by atoms with Crippen LogP contribution in [-0.4, -0.2) is 21.9 Å². The molecule has 3 aromatic carbocycles. The molecule has 162 valence electrons. The normalized spacial score (nSPS) is 10.6. The summed E-state index contributed by atoms with van der Waals surface area (Å²) >= 11 is 2.49. The van der Waals surface area contributed by atoms with E-state index in [9.17, 15) is 13.6 Å². The number of nitrogens with zero attached hydrogens (tertiary/aromatic N) is 2. The van der Waals surface area contributed by atoms with Crippen LogP contribution >= 0.6 is 23.1 Å². The van der Waals surface area contributed by atoms with Gasteiger partial charge in [0.1, 0.15) is 11.5 Å². The van der Waals surface area contributed by atoms with Crippen LogP contribution in [0.5, 0.6) is 11.5 Å². The molecule has 1 aromatic heterocycles. The van der Waals surface area contributed by atoms with Crippen molar-refractivity contribution in [1.82, 2.24) is 10.2 Å². The summed E-state index contributed by atoms with van der Waals surface area (Å²) in [5.41, 5.74) is 1.00. The van der Waals surface area contributed by atoms with Gasteiger partial charge in [0.25, 0.3) is 0 Å². The van der Waals surface area contributed by atoms with E-state index in [-0.39, 0.29) is 17.3 Å². The van der Waals surface area contributed by atoms with E-state index in [0.29, 0.717) is 15.2 Å². The molecular weight excluding hydrogens is 454 g/mol. The minimum Gasteiger partial charge on any atom is -0.457 e. The van der Waals surface area contributed by atoms with Crippen LogP contribution in [0.3, 0.4) is 0 Å². The van der Waals surface area contributed by atoms with Crippen LogP contribution in [0.2, 0.25) is 0 Å². The van der Waals surface area contributed by atoms with Crippen molar-refractivity contribution in [2.75, 3.05) is 16.4 Å². The summed E-state index contributed by atoms with van der Waals surface area (Å²) in [5.74, 6) is -0.826. The van der Waals surface area contributed by atoms with E-state index < -0.39 is 11.6 Å². The number of carbonyl (C=O) groups excluding carboxylic acids is 1. The van der Waals surface area contributed by atoms with Gasteiger partial charge in [-0.1, -0.05) is 41.3 Å². The Balaban J connectivity index is 1.27. The first kappa shape index (κ1) is 21.7. The second-order valence-corrected chi connectivity index (χ2v) is 8.60. The van der Waals surface area contributed by atoms with Crippen LogP contribution in [0.25, 0.3) is 0 Å². The maximum atomic E-state index is 13.2. The Kier molecular flexibility index (Phi) is 6.93. The number of rotatable bonds is 8. The van der Waals surface area contributed by atoms with Crippen LogP contribution in [0, 0.1) is 11.6 Å². The van der Waals surface area contributed by atoms with Gasteiger partial charge in [-0.25, -0.2) is 8.78 Å². The quantitative estimate of drug-likeness (QED) is 0.304. The van der Waals surface area contributed by atoms with E-state index in [0.717, 1.165) is 23.6 Å². The molecule has 0 aliphatic rings. The molecule has 2 N–H and O–H groups in total. The summed E-state index contributed by atoms with van der Waals surface area (Å²) in [6.45, 7) is 0. The zero-order valence-corrected chi connectivity index (χ0v) is 18.1. The third-order valence-corrected chi connectivity index (χ3v) is 5.99. The number of para-hydroxylation sites is 1. The first-order valence-electron chi connectivity index (χ1n) is 9.36. The number of halogens is 2. The Morgan fingerprint density at radius 1 is 0.906 bits per heavy atom. The number of amides is 1. The van der Waals surface area contributed by atoms with Crippen molar-refractivity contribution in [3.05, 3.63) is 84.4 Å². The highest BCUT2D eigenvalue weighted by atomic mass is 32.2. The molecule has 0 radical (unpaired) electrons.